The van der Waals surface area contributed by atoms with Crippen molar-refractivity contribution >= 4 is 33.7 Å². The van der Waals surface area contributed by atoms with Gasteiger partial charge in [0.15, 0.2) is 11.0 Å². The second-order valence-corrected chi connectivity index (χ2v) is 10.4. The van der Waals surface area contributed by atoms with Gasteiger partial charge in [-0.25, -0.2) is 13.2 Å². The van der Waals surface area contributed by atoms with Gasteiger partial charge in [-0.3, -0.25) is 14.7 Å². The number of sulfonamides is 1. The summed E-state index contributed by atoms with van der Waals surface area (Å²) in [5.74, 6) is -0.0315. The van der Waals surface area contributed by atoms with Gasteiger partial charge >= 0.3 is 6.03 Å². The van der Waals surface area contributed by atoms with Crippen LogP contribution in [0.2, 0.25) is 0 Å². The van der Waals surface area contributed by atoms with E-state index in [-0.39, 0.29) is 10.9 Å². The molecule has 0 spiro atoms. The largest absolute Gasteiger partial charge is 0.351 e. The summed E-state index contributed by atoms with van der Waals surface area (Å²) < 4.78 is 29.2. The summed E-state index contributed by atoms with van der Waals surface area (Å²) in [7, 11) is -3.63. The molecule has 2 unspecified atom stereocenters. The number of carbonyl (C=O) groups excluding carboxylic acids is 2. The normalized spacial score (nSPS) is 13.7. The van der Waals surface area contributed by atoms with Gasteiger partial charge in [0.05, 0.1) is 10.1 Å². The Hall–Kier alpha value is -2.44. The standard InChI is InChI=1S/C20H30N6O4S2/c1-6-13(4)26-17(23-24-20(26)31-14(5)18(27)22-19(21)28)15-10-9-11-16(12-15)32(29,30)25(7-2)8-3/h9-14H,6-8H2,1-5H3,(H3,21,22,27,28). The molecule has 0 bridgehead atoms. The number of aromatic nitrogens is 3. The summed E-state index contributed by atoms with van der Waals surface area (Å²) >= 11 is 1.14. The van der Waals surface area contributed by atoms with Crippen LogP contribution in [0.1, 0.15) is 47.1 Å². The molecule has 1 aromatic carbocycles. The molecule has 1 heterocycles. The van der Waals surface area contributed by atoms with Crippen molar-refractivity contribution in [2.24, 2.45) is 5.73 Å². The molecule has 0 radical (unpaired) electrons. The predicted molar refractivity (Wildman–Crippen MR) is 124 cm³/mol. The Morgan fingerprint density at radius 2 is 1.84 bits per heavy atom. The third-order valence-electron chi connectivity index (χ3n) is 5.03. The van der Waals surface area contributed by atoms with Crippen molar-refractivity contribution in [1.29, 1.82) is 0 Å². The van der Waals surface area contributed by atoms with Gasteiger partial charge in [0.25, 0.3) is 0 Å². The molecule has 0 aliphatic rings. The van der Waals surface area contributed by atoms with Gasteiger partial charge in [0, 0.05) is 24.7 Å². The second-order valence-electron chi connectivity index (χ2n) is 7.16. The van der Waals surface area contributed by atoms with Crippen LogP contribution in [0.15, 0.2) is 34.3 Å². The van der Waals surface area contributed by atoms with Gasteiger partial charge in [0.2, 0.25) is 15.9 Å². The molecule has 2 aromatic rings. The summed E-state index contributed by atoms with van der Waals surface area (Å²) in [6.07, 6.45) is 0.762. The summed E-state index contributed by atoms with van der Waals surface area (Å²) in [6.45, 7) is 9.97. The number of primary amides is 1. The van der Waals surface area contributed by atoms with Crippen LogP contribution in [-0.4, -0.2) is 57.8 Å². The van der Waals surface area contributed by atoms with E-state index < -0.39 is 27.2 Å². The number of nitrogens with zero attached hydrogens (tertiary/aromatic N) is 4. The van der Waals surface area contributed by atoms with E-state index in [1.54, 1.807) is 45.0 Å². The second kappa shape index (κ2) is 10.9. The van der Waals surface area contributed by atoms with Gasteiger partial charge in [-0.1, -0.05) is 44.7 Å². The molecular formula is C20H30N6O4S2. The molecule has 3 amide bonds. The van der Waals surface area contributed by atoms with Crippen molar-refractivity contribution in [1.82, 2.24) is 24.4 Å². The van der Waals surface area contributed by atoms with Crippen LogP contribution in [-0.2, 0) is 14.8 Å². The fourth-order valence-corrected chi connectivity index (χ4v) is 5.53. The lowest BCUT2D eigenvalue weighted by Crippen LogP contribution is -2.39. The first-order valence-corrected chi connectivity index (χ1v) is 12.7. The van der Waals surface area contributed by atoms with Gasteiger partial charge < -0.3 is 5.73 Å². The van der Waals surface area contributed by atoms with E-state index in [1.165, 1.54) is 4.31 Å². The van der Waals surface area contributed by atoms with Crippen LogP contribution in [0, 0.1) is 0 Å². The molecule has 0 saturated carbocycles. The summed E-state index contributed by atoms with van der Waals surface area (Å²) in [5.41, 5.74) is 5.63. The highest BCUT2D eigenvalue weighted by Gasteiger charge is 2.26. The van der Waals surface area contributed by atoms with Crippen LogP contribution in [0.25, 0.3) is 11.4 Å². The van der Waals surface area contributed by atoms with Gasteiger partial charge in [0.1, 0.15) is 0 Å². The minimum Gasteiger partial charge on any atom is -0.351 e. The van der Waals surface area contributed by atoms with E-state index in [2.05, 4.69) is 15.5 Å². The van der Waals surface area contributed by atoms with Crippen LogP contribution in [0.3, 0.4) is 0 Å². The quantitative estimate of drug-likeness (QED) is 0.496. The van der Waals surface area contributed by atoms with Crippen LogP contribution in [0.4, 0.5) is 4.79 Å². The van der Waals surface area contributed by atoms with Gasteiger partial charge in [-0.05, 0) is 32.4 Å². The third-order valence-corrected chi connectivity index (χ3v) is 8.13. The molecule has 32 heavy (non-hydrogen) atoms. The van der Waals surface area contributed by atoms with Crippen molar-refractivity contribution in [2.75, 3.05) is 13.1 Å². The Morgan fingerprint density at radius 1 is 1.19 bits per heavy atom. The number of rotatable bonds is 10. The number of urea groups is 1. The minimum absolute atomic E-state index is 0.0167. The Labute approximate surface area is 193 Å². The summed E-state index contributed by atoms with van der Waals surface area (Å²) in [4.78, 5) is 23.3. The van der Waals surface area contributed by atoms with Crippen LogP contribution < -0.4 is 11.1 Å². The monoisotopic (exact) mass is 482 g/mol. The number of nitrogens with one attached hydrogen (secondary N) is 1. The maximum absolute atomic E-state index is 13.0. The Bertz CT molecular complexity index is 1070. The topological polar surface area (TPSA) is 140 Å². The van der Waals surface area contributed by atoms with E-state index in [0.29, 0.717) is 29.6 Å². The van der Waals surface area contributed by atoms with Gasteiger partial charge in [-0.2, -0.15) is 4.31 Å². The number of carbonyl (C=O) groups is 2. The molecule has 2 rings (SSSR count). The molecule has 3 N–H and O–H groups in total. The number of nitrogens with two attached hydrogens (primary N) is 1. The summed E-state index contributed by atoms with van der Waals surface area (Å²) in [5, 5.41) is 10.4. The number of amides is 3. The van der Waals surface area contributed by atoms with Crippen molar-refractivity contribution < 1.29 is 18.0 Å². The van der Waals surface area contributed by atoms with Crippen LogP contribution >= 0.6 is 11.8 Å². The molecule has 2 atom stereocenters. The van der Waals surface area contributed by atoms with E-state index in [1.807, 2.05) is 18.4 Å². The highest BCUT2D eigenvalue weighted by Crippen LogP contribution is 2.32. The third kappa shape index (κ3) is 5.67. The lowest BCUT2D eigenvalue weighted by molar-refractivity contribution is -0.119. The zero-order valence-electron chi connectivity index (χ0n) is 18.9. The number of benzene rings is 1. The Morgan fingerprint density at radius 3 is 2.41 bits per heavy atom. The average molecular weight is 483 g/mol. The summed E-state index contributed by atoms with van der Waals surface area (Å²) in [6, 6.07) is 5.68. The van der Waals surface area contributed by atoms with Gasteiger partial charge in [-0.15, -0.1) is 10.2 Å². The first-order valence-electron chi connectivity index (χ1n) is 10.4. The molecule has 0 aliphatic heterocycles. The van der Waals surface area contributed by atoms with Crippen molar-refractivity contribution in [3.63, 3.8) is 0 Å². The fourth-order valence-electron chi connectivity index (χ4n) is 3.08. The zero-order chi connectivity index (χ0) is 24.1. The first kappa shape index (κ1) is 25.8. The van der Waals surface area contributed by atoms with E-state index in [4.69, 9.17) is 5.73 Å². The number of hydrogen-bond donors (Lipinski definition) is 2. The molecular weight excluding hydrogens is 452 g/mol. The fraction of sp³-hybridized carbons (Fsp3) is 0.500. The van der Waals surface area contributed by atoms with Crippen molar-refractivity contribution in [2.45, 2.75) is 62.4 Å². The molecule has 0 saturated heterocycles. The Balaban J connectivity index is 2.49. The maximum atomic E-state index is 13.0. The molecule has 1 aromatic heterocycles. The van der Waals surface area contributed by atoms with E-state index in [0.717, 1.165) is 18.2 Å². The molecule has 0 fully saturated rings. The number of hydrogen-bond acceptors (Lipinski definition) is 7. The molecule has 0 aliphatic carbocycles. The lowest BCUT2D eigenvalue weighted by Gasteiger charge is -2.20. The smallest absolute Gasteiger partial charge is 0.318 e. The molecule has 10 nitrogen and oxygen atoms in total. The average Bonchev–Trinajstić information content (AvgIpc) is 3.16. The zero-order valence-corrected chi connectivity index (χ0v) is 20.5. The molecule has 176 valence electrons. The SMILES string of the molecule is CCC(C)n1c(SC(C)C(=O)NC(N)=O)nnc1-c1cccc(S(=O)(=O)N(CC)CC)c1. The van der Waals surface area contributed by atoms with E-state index >= 15 is 0 Å². The maximum Gasteiger partial charge on any atom is 0.318 e. The molecule has 12 heteroatoms. The predicted octanol–water partition coefficient (Wildman–Crippen LogP) is 2.62. The highest BCUT2D eigenvalue weighted by atomic mass is 32.2. The minimum atomic E-state index is -3.63. The number of thioether (sulfide) groups is 1. The van der Waals surface area contributed by atoms with Crippen LogP contribution in [0.5, 0.6) is 0 Å². The van der Waals surface area contributed by atoms with Crippen molar-refractivity contribution in [3.8, 4) is 11.4 Å². The lowest BCUT2D eigenvalue weighted by atomic mass is 10.2. The Kier molecular flexibility index (Phi) is 8.81. The van der Waals surface area contributed by atoms with Crippen molar-refractivity contribution in [3.05, 3.63) is 24.3 Å². The highest BCUT2D eigenvalue weighted by molar-refractivity contribution is 8.00. The number of imide groups is 1. The van der Waals surface area contributed by atoms with E-state index in [9.17, 15) is 18.0 Å². The first-order chi connectivity index (χ1) is 15.1.